The summed E-state index contributed by atoms with van der Waals surface area (Å²) in [4.78, 5) is 35.3. The second-order valence-electron chi connectivity index (χ2n) is 6.16. The molecule has 0 spiro atoms. The number of fused-ring (bicyclic) bond motifs is 1. The number of carboxylic acids is 1. The van der Waals surface area contributed by atoms with Crippen molar-refractivity contribution in [2.45, 2.75) is 19.3 Å². The predicted molar refractivity (Wildman–Crippen MR) is 76.4 cm³/mol. The van der Waals surface area contributed by atoms with Crippen LogP contribution < -0.4 is 0 Å². The third-order valence-corrected chi connectivity index (χ3v) is 4.98. The molecule has 3 rings (SSSR count). The van der Waals surface area contributed by atoms with Gasteiger partial charge in [-0.2, -0.15) is 0 Å². The average molecular weight is 322 g/mol. The van der Waals surface area contributed by atoms with Crippen LogP contribution in [0.1, 0.15) is 29.6 Å². The average Bonchev–Trinajstić information content (AvgIpc) is 3.04. The van der Waals surface area contributed by atoms with E-state index in [1.165, 1.54) is 4.90 Å². The van der Waals surface area contributed by atoms with Gasteiger partial charge in [-0.15, -0.1) is 0 Å². The molecule has 2 fully saturated rings. The number of benzene rings is 1. The number of nitro benzene ring substituents is 1. The zero-order valence-electron chi connectivity index (χ0n) is 12.2. The van der Waals surface area contributed by atoms with Gasteiger partial charge < -0.3 is 10.0 Å². The van der Waals surface area contributed by atoms with Crippen LogP contribution in [-0.2, 0) is 4.79 Å². The van der Waals surface area contributed by atoms with E-state index in [0.717, 1.165) is 25.0 Å². The molecule has 1 saturated heterocycles. The topological polar surface area (TPSA) is 101 Å². The smallest absolute Gasteiger partial charge is 0.311 e. The Bertz CT molecular complexity index is 707. The van der Waals surface area contributed by atoms with E-state index in [0.29, 0.717) is 12.5 Å². The Balaban J connectivity index is 1.85. The van der Waals surface area contributed by atoms with E-state index in [1.807, 2.05) is 0 Å². The summed E-state index contributed by atoms with van der Waals surface area (Å²) in [7, 11) is 0. The number of nitrogens with zero attached hydrogens (tertiary/aromatic N) is 2. The number of carbonyl (C=O) groups is 2. The summed E-state index contributed by atoms with van der Waals surface area (Å²) in [5.74, 6) is -2.62. The van der Waals surface area contributed by atoms with Crippen LogP contribution in [0.15, 0.2) is 18.2 Å². The van der Waals surface area contributed by atoms with E-state index in [-0.39, 0.29) is 24.6 Å². The van der Waals surface area contributed by atoms with Crippen LogP contribution in [0, 0.1) is 27.3 Å². The number of nitro groups is 1. The Morgan fingerprint density at radius 2 is 2.17 bits per heavy atom. The van der Waals surface area contributed by atoms with E-state index in [2.05, 4.69) is 0 Å². The normalized spacial score (nSPS) is 26.1. The van der Waals surface area contributed by atoms with Gasteiger partial charge in [0.2, 0.25) is 0 Å². The van der Waals surface area contributed by atoms with E-state index in [4.69, 9.17) is 0 Å². The SMILES string of the molecule is O=C(c1ccc([N+](=O)[O-])cc1F)N1C[C@@H]2CCC[C@@]2(C(=O)O)C1. The van der Waals surface area contributed by atoms with Crippen molar-refractivity contribution in [2.75, 3.05) is 13.1 Å². The first kappa shape index (κ1) is 15.4. The number of hydrogen-bond donors (Lipinski definition) is 1. The molecule has 1 N–H and O–H groups in total. The van der Waals surface area contributed by atoms with Gasteiger partial charge in [0.1, 0.15) is 5.82 Å². The molecule has 1 aromatic carbocycles. The summed E-state index contributed by atoms with van der Waals surface area (Å²) in [6.45, 7) is 0.337. The van der Waals surface area contributed by atoms with Gasteiger partial charge >= 0.3 is 5.97 Å². The molecular formula is C15H15FN2O5. The highest BCUT2D eigenvalue weighted by molar-refractivity contribution is 5.95. The van der Waals surface area contributed by atoms with Crippen molar-refractivity contribution in [3.05, 3.63) is 39.7 Å². The van der Waals surface area contributed by atoms with Crippen LogP contribution in [0.4, 0.5) is 10.1 Å². The molecule has 122 valence electrons. The summed E-state index contributed by atoms with van der Waals surface area (Å²) in [5, 5.41) is 20.1. The van der Waals surface area contributed by atoms with Gasteiger partial charge in [-0.3, -0.25) is 19.7 Å². The Kier molecular flexibility index (Phi) is 3.54. The van der Waals surface area contributed by atoms with Crippen molar-refractivity contribution in [3.63, 3.8) is 0 Å². The first-order chi connectivity index (χ1) is 10.8. The summed E-state index contributed by atoms with van der Waals surface area (Å²) < 4.78 is 14.0. The minimum absolute atomic E-state index is 0.0578. The second kappa shape index (κ2) is 5.29. The number of hydrogen-bond acceptors (Lipinski definition) is 4. The highest BCUT2D eigenvalue weighted by atomic mass is 19.1. The largest absolute Gasteiger partial charge is 0.481 e. The first-order valence-electron chi connectivity index (χ1n) is 7.32. The lowest BCUT2D eigenvalue weighted by atomic mass is 9.81. The Morgan fingerprint density at radius 3 is 2.74 bits per heavy atom. The van der Waals surface area contributed by atoms with Gasteiger partial charge in [0.15, 0.2) is 0 Å². The molecule has 1 aliphatic carbocycles. The molecule has 8 heteroatoms. The maximum atomic E-state index is 14.0. The number of non-ortho nitro benzene ring substituents is 1. The fourth-order valence-electron chi connectivity index (χ4n) is 3.75. The van der Waals surface area contributed by atoms with Gasteiger partial charge in [-0.05, 0) is 24.8 Å². The first-order valence-corrected chi connectivity index (χ1v) is 7.32. The summed E-state index contributed by atoms with van der Waals surface area (Å²) in [6, 6.07) is 2.86. The number of aliphatic carboxylic acids is 1. The highest BCUT2D eigenvalue weighted by Gasteiger charge is 2.55. The number of likely N-dealkylation sites (tertiary alicyclic amines) is 1. The van der Waals surface area contributed by atoms with Crippen LogP contribution in [0.5, 0.6) is 0 Å². The summed E-state index contributed by atoms with van der Waals surface area (Å²) >= 11 is 0. The van der Waals surface area contributed by atoms with E-state index < -0.39 is 33.7 Å². The third-order valence-electron chi connectivity index (χ3n) is 4.98. The molecule has 1 amide bonds. The minimum atomic E-state index is -0.967. The van der Waals surface area contributed by atoms with Crippen LogP contribution in [0.25, 0.3) is 0 Å². The lowest BCUT2D eigenvalue weighted by Gasteiger charge is -2.23. The zero-order chi connectivity index (χ0) is 16.8. The fraction of sp³-hybridized carbons (Fsp3) is 0.467. The molecule has 23 heavy (non-hydrogen) atoms. The number of carboxylic acid groups (broad SMARTS) is 1. The van der Waals surface area contributed by atoms with Gasteiger partial charge in [-0.25, -0.2) is 4.39 Å². The molecule has 1 saturated carbocycles. The van der Waals surface area contributed by atoms with Crippen LogP contribution >= 0.6 is 0 Å². The monoisotopic (exact) mass is 322 g/mol. The number of carbonyl (C=O) groups excluding carboxylic acids is 1. The highest BCUT2D eigenvalue weighted by Crippen LogP contribution is 2.49. The lowest BCUT2D eigenvalue weighted by molar-refractivity contribution is -0.385. The Labute approximate surface area is 130 Å². The standard InChI is InChI=1S/C15H15FN2O5/c16-12-6-10(18(22)23)3-4-11(12)13(19)17-7-9-2-1-5-15(9,8-17)14(20)21/h3-4,6,9H,1-2,5,7-8H2,(H,20,21)/t9-,15+/m0/s1. The predicted octanol–water partition coefficient (Wildman–Crippen LogP) is 2.06. The molecule has 1 aromatic rings. The molecule has 1 heterocycles. The van der Waals surface area contributed by atoms with Crippen molar-refractivity contribution in [1.82, 2.24) is 4.90 Å². The maximum Gasteiger partial charge on any atom is 0.311 e. The van der Waals surface area contributed by atoms with Crippen molar-refractivity contribution >= 4 is 17.6 Å². The molecule has 2 aliphatic rings. The summed E-state index contributed by atoms with van der Waals surface area (Å²) in [5.41, 5.74) is -1.64. The van der Waals surface area contributed by atoms with E-state index >= 15 is 0 Å². The van der Waals surface area contributed by atoms with Crippen LogP contribution in [-0.4, -0.2) is 39.9 Å². The zero-order valence-corrected chi connectivity index (χ0v) is 12.2. The lowest BCUT2D eigenvalue weighted by Crippen LogP contribution is -2.37. The molecule has 0 radical (unpaired) electrons. The van der Waals surface area contributed by atoms with Crippen molar-refractivity contribution < 1.29 is 24.0 Å². The Hall–Kier alpha value is -2.51. The van der Waals surface area contributed by atoms with Crippen LogP contribution in [0.2, 0.25) is 0 Å². The van der Waals surface area contributed by atoms with Gasteiger partial charge in [0.05, 0.1) is 22.0 Å². The number of rotatable bonds is 3. The van der Waals surface area contributed by atoms with E-state index in [1.54, 1.807) is 0 Å². The molecule has 0 unspecified atom stereocenters. The van der Waals surface area contributed by atoms with Crippen molar-refractivity contribution in [1.29, 1.82) is 0 Å². The molecule has 1 aliphatic heterocycles. The quantitative estimate of drug-likeness (QED) is 0.678. The van der Waals surface area contributed by atoms with Gasteiger partial charge in [-0.1, -0.05) is 6.42 Å². The van der Waals surface area contributed by atoms with Gasteiger partial charge in [0, 0.05) is 19.2 Å². The van der Waals surface area contributed by atoms with Crippen molar-refractivity contribution in [2.24, 2.45) is 11.3 Å². The molecule has 0 bridgehead atoms. The second-order valence-corrected chi connectivity index (χ2v) is 6.16. The van der Waals surface area contributed by atoms with Crippen LogP contribution in [0.3, 0.4) is 0 Å². The van der Waals surface area contributed by atoms with Gasteiger partial charge in [0.25, 0.3) is 11.6 Å². The summed E-state index contributed by atoms with van der Waals surface area (Å²) in [6.07, 6.45) is 2.06. The molecule has 0 aromatic heterocycles. The number of halogens is 1. The van der Waals surface area contributed by atoms with Crippen molar-refractivity contribution in [3.8, 4) is 0 Å². The molecular weight excluding hydrogens is 307 g/mol. The molecule has 2 atom stereocenters. The fourth-order valence-corrected chi connectivity index (χ4v) is 3.75. The Morgan fingerprint density at radius 1 is 1.43 bits per heavy atom. The third kappa shape index (κ3) is 2.34. The van der Waals surface area contributed by atoms with E-state index in [9.17, 15) is 29.2 Å². The number of amides is 1. The maximum absolute atomic E-state index is 14.0. The minimum Gasteiger partial charge on any atom is -0.481 e. The molecule has 7 nitrogen and oxygen atoms in total.